The predicted molar refractivity (Wildman–Crippen MR) is 125 cm³/mol. The van der Waals surface area contributed by atoms with Gasteiger partial charge in [-0.05, 0) is 42.3 Å². The van der Waals surface area contributed by atoms with E-state index in [1.165, 1.54) is 18.3 Å². The van der Waals surface area contributed by atoms with Gasteiger partial charge in [-0.3, -0.25) is 18.7 Å². The van der Waals surface area contributed by atoms with Crippen LogP contribution in [-0.2, 0) is 30.5 Å². The van der Waals surface area contributed by atoms with Crippen molar-refractivity contribution in [2.75, 3.05) is 5.32 Å². The summed E-state index contributed by atoms with van der Waals surface area (Å²) in [6.45, 7) is -0.519. The van der Waals surface area contributed by atoms with Crippen LogP contribution in [-0.4, -0.2) is 20.0 Å². The second-order valence-electron chi connectivity index (χ2n) is 7.67. The zero-order valence-corrected chi connectivity index (χ0v) is 18.8. The van der Waals surface area contributed by atoms with Crippen LogP contribution in [0.2, 0.25) is 5.02 Å². The Bertz CT molecular complexity index is 1510. The first-order chi connectivity index (χ1) is 16.6. The molecule has 0 saturated carbocycles. The van der Waals surface area contributed by atoms with Crippen molar-refractivity contribution in [1.29, 1.82) is 0 Å². The van der Waals surface area contributed by atoms with Gasteiger partial charge in [0.1, 0.15) is 6.54 Å². The van der Waals surface area contributed by atoms with Crippen LogP contribution in [0.4, 0.5) is 18.9 Å². The summed E-state index contributed by atoms with van der Waals surface area (Å²) in [5.41, 5.74) is -1.55. The summed E-state index contributed by atoms with van der Waals surface area (Å²) in [5.74, 6) is -0.799. The molecule has 1 amide bonds. The third-order valence-corrected chi connectivity index (χ3v) is 5.65. The van der Waals surface area contributed by atoms with E-state index in [1.54, 1.807) is 0 Å². The molecule has 0 spiro atoms. The van der Waals surface area contributed by atoms with Gasteiger partial charge in [0.05, 0.1) is 21.8 Å². The van der Waals surface area contributed by atoms with Gasteiger partial charge < -0.3 is 5.32 Å². The number of carbonyl (C=O) groups excluding carboxylic acids is 1. The lowest BCUT2D eigenvalue weighted by molar-refractivity contribution is -0.137. The normalized spacial score (nSPS) is 11.5. The van der Waals surface area contributed by atoms with Gasteiger partial charge >= 0.3 is 11.9 Å². The highest BCUT2D eigenvalue weighted by Crippen LogP contribution is 2.33. The van der Waals surface area contributed by atoms with Crippen molar-refractivity contribution < 1.29 is 18.0 Å². The van der Waals surface area contributed by atoms with Gasteiger partial charge in [-0.15, -0.1) is 0 Å². The Kier molecular flexibility index (Phi) is 6.74. The SMILES string of the molecule is O=C(Cn1c(=O)n(CCc2ccccc2)c(=O)c2ncccc21)Nc1cc(C(F)(F)F)ccc1Cl. The highest BCUT2D eigenvalue weighted by Gasteiger charge is 2.31. The van der Waals surface area contributed by atoms with Crippen LogP contribution in [0.3, 0.4) is 0 Å². The van der Waals surface area contributed by atoms with Crippen LogP contribution in [0, 0.1) is 0 Å². The third-order valence-electron chi connectivity index (χ3n) is 5.32. The van der Waals surface area contributed by atoms with E-state index >= 15 is 0 Å². The quantitative estimate of drug-likeness (QED) is 0.430. The summed E-state index contributed by atoms with van der Waals surface area (Å²) < 4.78 is 41.2. The number of aromatic nitrogens is 3. The van der Waals surface area contributed by atoms with Crippen LogP contribution < -0.4 is 16.6 Å². The van der Waals surface area contributed by atoms with Crippen molar-refractivity contribution in [3.05, 3.63) is 104 Å². The molecule has 0 unspecified atom stereocenters. The molecule has 11 heteroatoms. The highest BCUT2D eigenvalue weighted by molar-refractivity contribution is 6.33. The minimum Gasteiger partial charge on any atom is -0.323 e. The molecule has 2 aromatic heterocycles. The van der Waals surface area contributed by atoms with E-state index < -0.39 is 35.4 Å². The number of nitrogens with zero attached hydrogens (tertiary/aromatic N) is 3. The molecule has 35 heavy (non-hydrogen) atoms. The number of benzene rings is 2. The largest absolute Gasteiger partial charge is 0.416 e. The summed E-state index contributed by atoms with van der Waals surface area (Å²) in [6, 6.07) is 14.7. The molecule has 0 aliphatic heterocycles. The van der Waals surface area contributed by atoms with Gasteiger partial charge in [-0.1, -0.05) is 41.9 Å². The maximum Gasteiger partial charge on any atom is 0.416 e. The second kappa shape index (κ2) is 9.75. The molecule has 0 aliphatic rings. The van der Waals surface area contributed by atoms with E-state index in [0.717, 1.165) is 26.8 Å². The minimum atomic E-state index is -4.63. The lowest BCUT2D eigenvalue weighted by atomic mass is 10.1. The van der Waals surface area contributed by atoms with E-state index in [0.29, 0.717) is 12.5 Å². The fraction of sp³-hybridized carbons (Fsp3) is 0.167. The molecule has 4 aromatic rings. The van der Waals surface area contributed by atoms with E-state index in [-0.39, 0.29) is 28.3 Å². The van der Waals surface area contributed by atoms with Gasteiger partial charge in [-0.25, -0.2) is 9.78 Å². The topological polar surface area (TPSA) is 86.0 Å². The number of anilines is 1. The molecule has 0 radical (unpaired) electrons. The maximum atomic E-state index is 13.2. The maximum absolute atomic E-state index is 13.2. The van der Waals surface area contributed by atoms with Crippen LogP contribution in [0.25, 0.3) is 11.0 Å². The van der Waals surface area contributed by atoms with E-state index in [4.69, 9.17) is 11.6 Å². The molecule has 1 N–H and O–H groups in total. The Morgan fingerprint density at radius 2 is 1.74 bits per heavy atom. The Morgan fingerprint density at radius 1 is 1.00 bits per heavy atom. The zero-order chi connectivity index (χ0) is 25.2. The predicted octanol–water partition coefficient (Wildman–Crippen LogP) is 4.11. The van der Waals surface area contributed by atoms with Crippen molar-refractivity contribution in [3.8, 4) is 0 Å². The lowest BCUT2D eigenvalue weighted by Gasteiger charge is -2.15. The number of hydrogen-bond donors (Lipinski definition) is 1. The molecule has 0 saturated heterocycles. The minimum absolute atomic E-state index is 0.00920. The number of nitrogens with one attached hydrogen (secondary N) is 1. The Balaban J connectivity index is 1.68. The first-order valence-electron chi connectivity index (χ1n) is 10.4. The lowest BCUT2D eigenvalue weighted by Crippen LogP contribution is -2.42. The number of rotatable bonds is 6. The molecule has 0 atom stereocenters. The summed E-state index contributed by atoms with van der Waals surface area (Å²) in [4.78, 5) is 43.0. The summed E-state index contributed by atoms with van der Waals surface area (Å²) >= 11 is 5.96. The Labute approximate surface area is 201 Å². The van der Waals surface area contributed by atoms with Crippen LogP contribution in [0.15, 0.2) is 76.4 Å². The fourth-order valence-corrected chi connectivity index (χ4v) is 3.77. The van der Waals surface area contributed by atoms with Crippen molar-refractivity contribution in [1.82, 2.24) is 14.1 Å². The van der Waals surface area contributed by atoms with Gasteiger partial charge in [-0.2, -0.15) is 13.2 Å². The smallest absolute Gasteiger partial charge is 0.323 e. The van der Waals surface area contributed by atoms with Crippen molar-refractivity contribution in [2.45, 2.75) is 25.7 Å². The fourth-order valence-electron chi connectivity index (χ4n) is 3.61. The Hall–Kier alpha value is -3.92. The van der Waals surface area contributed by atoms with Crippen LogP contribution in [0.5, 0.6) is 0 Å². The van der Waals surface area contributed by atoms with Crippen molar-refractivity contribution in [3.63, 3.8) is 0 Å². The number of hydrogen-bond acceptors (Lipinski definition) is 4. The summed E-state index contributed by atoms with van der Waals surface area (Å²) in [7, 11) is 0. The number of alkyl halides is 3. The number of amides is 1. The molecular formula is C24H18ClF3N4O3. The van der Waals surface area contributed by atoms with Crippen LogP contribution >= 0.6 is 11.6 Å². The first kappa shape index (κ1) is 24.2. The Morgan fingerprint density at radius 3 is 2.46 bits per heavy atom. The molecule has 0 fully saturated rings. The third kappa shape index (κ3) is 5.27. The number of carbonyl (C=O) groups is 1. The number of halogens is 4. The first-order valence-corrected chi connectivity index (χ1v) is 10.8. The summed E-state index contributed by atoms with van der Waals surface area (Å²) in [6.07, 6.45) is -2.85. The average Bonchev–Trinajstić information content (AvgIpc) is 2.83. The monoisotopic (exact) mass is 502 g/mol. The van der Waals surface area contributed by atoms with E-state index in [1.807, 2.05) is 30.3 Å². The van der Waals surface area contributed by atoms with E-state index in [9.17, 15) is 27.6 Å². The van der Waals surface area contributed by atoms with Gasteiger partial charge in [0.25, 0.3) is 5.56 Å². The van der Waals surface area contributed by atoms with Crippen LogP contribution in [0.1, 0.15) is 11.1 Å². The van der Waals surface area contributed by atoms with Gasteiger partial charge in [0.15, 0.2) is 5.52 Å². The van der Waals surface area contributed by atoms with E-state index in [2.05, 4.69) is 10.3 Å². The number of pyridine rings is 1. The molecule has 2 heterocycles. The molecule has 0 aliphatic carbocycles. The van der Waals surface area contributed by atoms with Gasteiger partial charge in [0.2, 0.25) is 5.91 Å². The van der Waals surface area contributed by atoms with Crippen molar-refractivity contribution in [2.24, 2.45) is 0 Å². The molecular weight excluding hydrogens is 485 g/mol. The average molecular weight is 503 g/mol. The van der Waals surface area contributed by atoms with Gasteiger partial charge in [0, 0.05) is 12.7 Å². The second-order valence-corrected chi connectivity index (χ2v) is 8.08. The molecule has 180 valence electrons. The molecule has 0 bridgehead atoms. The summed E-state index contributed by atoms with van der Waals surface area (Å²) in [5, 5.41) is 2.22. The standard InChI is InChI=1S/C24H18ClF3N4O3/c25-17-9-8-16(24(26,27)28)13-18(17)30-20(33)14-32-19-7-4-11-29-21(19)22(34)31(23(32)35)12-10-15-5-2-1-3-6-15/h1-9,11,13H,10,12,14H2,(H,30,33). The molecule has 2 aromatic carbocycles. The zero-order valence-electron chi connectivity index (χ0n) is 18.1. The highest BCUT2D eigenvalue weighted by atomic mass is 35.5. The molecule has 7 nitrogen and oxygen atoms in total. The van der Waals surface area contributed by atoms with Crippen molar-refractivity contribution >= 4 is 34.2 Å². The molecule has 4 rings (SSSR count). The number of fused-ring (bicyclic) bond motifs is 1. The number of aryl methyl sites for hydroxylation is 1.